The Morgan fingerprint density at radius 3 is 1.68 bits per heavy atom. The van der Waals surface area contributed by atoms with E-state index >= 15 is 0 Å². The Hall–Kier alpha value is -7.20. The smallest absolute Gasteiger partial charge is 0.0553 e. The lowest BCUT2D eigenvalue weighted by Crippen LogP contribution is -1.95. The van der Waals surface area contributed by atoms with Gasteiger partial charge in [-0.15, -0.1) is 0 Å². The number of para-hydroxylation sites is 3. The molecule has 0 unspecified atom stereocenters. The highest BCUT2D eigenvalue weighted by Crippen LogP contribution is 2.46. The Morgan fingerprint density at radius 2 is 0.881 bits per heavy atom. The minimum Gasteiger partial charge on any atom is -0.309 e. The van der Waals surface area contributed by atoms with Crippen molar-refractivity contribution in [3.8, 4) is 44.8 Å². The maximum absolute atomic E-state index is 3.69. The summed E-state index contributed by atoms with van der Waals surface area (Å²) in [6.45, 7) is 0. The van der Waals surface area contributed by atoms with E-state index < -0.39 is 0 Å². The second-order valence-electron chi connectivity index (χ2n) is 15.4. The van der Waals surface area contributed by atoms with Crippen LogP contribution in [0.1, 0.15) is 0 Å². The van der Waals surface area contributed by atoms with Gasteiger partial charge in [0, 0.05) is 37.1 Å². The average Bonchev–Trinajstić information content (AvgIpc) is 3.80. The monoisotopic (exact) mass is 814 g/mol. The lowest BCUT2D eigenvalue weighted by Gasteiger charge is -2.16. The second kappa shape index (κ2) is 13.4. The normalized spacial score (nSPS) is 11.8. The van der Waals surface area contributed by atoms with Crippen LogP contribution in [-0.2, 0) is 0 Å². The van der Waals surface area contributed by atoms with Crippen molar-refractivity contribution in [3.63, 3.8) is 0 Å². The molecule has 12 aromatic rings. The molecule has 0 aliphatic heterocycles. The van der Waals surface area contributed by atoms with Gasteiger partial charge in [0.2, 0.25) is 0 Å². The molecule has 12 rings (SSSR count). The highest BCUT2D eigenvalue weighted by molar-refractivity contribution is 9.10. The van der Waals surface area contributed by atoms with E-state index in [1.165, 1.54) is 104 Å². The first-order valence-corrected chi connectivity index (χ1v) is 20.9. The average molecular weight is 816 g/mol. The largest absolute Gasteiger partial charge is 0.309 e. The Morgan fingerprint density at radius 1 is 0.305 bits per heavy atom. The van der Waals surface area contributed by atoms with E-state index in [9.17, 15) is 0 Å². The second-order valence-corrected chi connectivity index (χ2v) is 16.4. The molecule has 0 saturated heterocycles. The fourth-order valence-corrected chi connectivity index (χ4v) is 9.77. The zero-order chi connectivity index (χ0) is 39.0. The number of fused-ring (bicyclic) bond motifs is 8. The van der Waals surface area contributed by atoms with Crippen molar-refractivity contribution >= 4 is 81.1 Å². The molecule has 0 fully saturated rings. The van der Waals surface area contributed by atoms with Crippen molar-refractivity contribution in [1.29, 1.82) is 0 Å². The summed E-state index contributed by atoms with van der Waals surface area (Å²) in [5, 5.41) is 9.90. The molecule has 0 N–H and O–H groups in total. The van der Waals surface area contributed by atoms with Gasteiger partial charge in [-0.05, 0) is 122 Å². The summed E-state index contributed by atoms with van der Waals surface area (Å²) >= 11 is 3.69. The molecule has 0 atom stereocenters. The van der Waals surface area contributed by atoms with Crippen molar-refractivity contribution in [2.45, 2.75) is 0 Å². The first-order chi connectivity index (χ1) is 29.2. The zero-order valence-corrected chi connectivity index (χ0v) is 33.6. The van der Waals surface area contributed by atoms with Gasteiger partial charge in [0.15, 0.2) is 0 Å². The maximum atomic E-state index is 3.69. The van der Waals surface area contributed by atoms with Crippen LogP contribution in [0.15, 0.2) is 217 Å². The van der Waals surface area contributed by atoms with Crippen molar-refractivity contribution < 1.29 is 0 Å². The van der Waals surface area contributed by atoms with E-state index in [1.54, 1.807) is 0 Å². The van der Waals surface area contributed by atoms with Crippen LogP contribution < -0.4 is 0 Å². The fourth-order valence-electron chi connectivity index (χ4n) is 9.51. The number of nitrogens with zero attached hydrogens (tertiary/aromatic N) is 2. The first-order valence-electron chi connectivity index (χ1n) is 20.1. The number of hydrogen-bond donors (Lipinski definition) is 0. The zero-order valence-electron chi connectivity index (χ0n) is 32.0. The molecule has 10 aromatic carbocycles. The first kappa shape index (κ1) is 33.9. The van der Waals surface area contributed by atoms with Gasteiger partial charge in [0.1, 0.15) is 0 Å². The molecule has 0 spiro atoms. The molecule has 0 saturated carbocycles. The summed E-state index contributed by atoms with van der Waals surface area (Å²) in [6, 6.07) is 78.0. The molecule has 0 aliphatic rings. The highest BCUT2D eigenvalue weighted by Gasteiger charge is 2.21. The van der Waals surface area contributed by atoms with Gasteiger partial charge < -0.3 is 9.13 Å². The predicted octanol–water partition coefficient (Wildman–Crippen LogP) is 16.0. The molecule has 0 aliphatic carbocycles. The van der Waals surface area contributed by atoms with Gasteiger partial charge in [-0.2, -0.15) is 0 Å². The van der Waals surface area contributed by atoms with Crippen LogP contribution in [-0.4, -0.2) is 9.13 Å². The molecule has 59 heavy (non-hydrogen) atoms. The van der Waals surface area contributed by atoms with Gasteiger partial charge in [-0.1, -0.05) is 155 Å². The quantitative estimate of drug-likeness (QED) is 0.164. The van der Waals surface area contributed by atoms with E-state index in [4.69, 9.17) is 0 Å². The molecular weight excluding hydrogens is 781 g/mol. The van der Waals surface area contributed by atoms with Crippen LogP contribution in [0.25, 0.3) is 110 Å². The van der Waals surface area contributed by atoms with Crippen molar-refractivity contribution in [2.75, 3.05) is 0 Å². The van der Waals surface area contributed by atoms with Crippen molar-refractivity contribution in [1.82, 2.24) is 9.13 Å². The van der Waals surface area contributed by atoms with Crippen LogP contribution in [0.2, 0.25) is 0 Å². The lowest BCUT2D eigenvalue weighted by atomic mass is 9.88. The molecule has 3 heteroatoms. The molecular formula is C56H35BrN2. The number of rotatable bonds is 5. The number of halogens is 1. The number of benzene rings is 10. The van der Waals surface area contributed by atoms with Crippen LogP contribution in [0.3, 0.4) is 0 Å². The Labute approximate surface area is 350 Å². The molecule has 2 heterocycles. The van der Waals surface area contributed by atoms with Gasteiger partial charge in [-0.3, -0.25) is 0 Å². The molecule has 276 valence electrons. The third-order valence-electron chi connectivity index (χ3n) is 12.1. The summed E-state index contributed by atoms with van der Waals surface area (Å²) in [7, 11) is 0. The van der Waals surface area contributed by atoms with Crippen LogP contribution in [0.5, 0.6) is 0 Å². The van der Waals surface area contributed by atoms with Crippen LogP contribution in [0, 0.1) is 0 Å². The number of aromatic nitrogens is 2. The molecule has 0 bridgehead atoms. The van der Waals surface area contributed by atoms with Gasteiger partial charge in [0.05, 0.1) is 27.8 Å². The van der Waals surface area contributed by atoms with Gasteiger partial charge >= 0.3 is 0 Å². The van der Waals surface area contributed by atoms with Crippen LogP contribution >= 0.6 is 15.9 Å². The van der Waals surface area contributed by atoms with Crippen molar-refractivity contribution in [2.24, 2.45) is 0 Å². The summed E-state index contributed by atoms with van der Waals surface area (Å²) < 4.78 is 5.96. The number of hydrogen-bond acceptors (Lipinski definition) is 0. The third kappa shape index (κ3) is 5.39. The van der Waals surface area contributed by atoms with E-state index in [2.05, 4.69) is 237 Å². The van der Waals surface area contributed by atoms with E-state index in [-0.39, 0.29) is 0 Å². The topological polar surface area (TPSA) is 9.86 Å². The molecule has 0 amide bonds. The maximum Gasteiger partial charge on any atom is 0.0553 e. The Balaban J connectivity index is 1.17. The van der Waals surface area contributed by atoms with E-state index in [0.717, 1.165) is 10.2 Å². The summed E-state index contributed by atoms with van der Waals surface area (Å²) in [6.07, 6.45) is 0. The highest BCUT2D eigenvalue weighted by atomic mass is 79.9. The summed E-state index contributed by atoms with van der Waals surface area (Å²) in [5.74, 6) is 0. The fraction of sp³-hybridized carbons (Fsp3) is 0. The summed E-state index contributed by atoms with van der Waals surface area (Å²) in [4.78, 5) is 0. The Kier molecular flexibility index (Phi) is 7.72. The van der Waals surface area contributed by atoms with Crippen LogP contribution in [0.4, 0.5) is 0 Å². The van der Waals surface area contributed by atoms with Gasteiger partial charge in [0.25, 0.3) is 0 Å². The van der Waals surface area contributed by atoms with Gasteiger partial charge in [-0.25, -0.2) is 0 Å². The third-order valence-corrected chi connectivity index (χ3v) is 12.6. The van der Waals surface area contributed by atoms with E-state index in [1.807, 2.05) is 0 Å². The minimum absolute atomic E-state index is 1.06. The molecule has 2 nitrogen and oxygen atoms in total. The summed E-state index contributed by atoms with van der Waals surface area (Å²) in [5.41, 5.74) is 14.2. The standard InChI is InChI=1S/C56H35BrN2/c57-43-28-25-36(26-29-43)40-31-41(38-27-30-48-47-20-8-10-22-51(47)59(53(48)34-38)50-24-12-15-37-13-4-6-18-45(37)50)33-42(32-40)55-46-19-7-5-14-39(46)35-54-56(55)49-21-9-11-23-52(49)58(54)44-16-2-1-3-17-44/h1-35H. The molecule has 2 aromatic heterocycles. The van der Waals surface area contributed by atoms with E-state index in [0.29, 0.717) is 0 Å². The molecule has 0 radical (unpaired) electrons. The lowest BCUT2D eigenvalue weighted by molar-refractivity contribution is 1.18. The predicted molar refractivity (Wildman–Crippen MR) is 254 cm³/mol. The SMILES string of the molecule is Brc1ccc(-c2cc(-c3ccc4c5ccccc5n(-c5cccc6ccccc56)c4c3)cc(-c3c4ccccc4cc4c3c3ccccc3n4-c3ccccc3)c2)cc1. The Bertz CT molecular complexity index is 3610. The minimum atomic E-state index is 1.06. The van der Waals surface area contributed by atoms with Crippen molar-refractivity contribution in [3.05, 3.63) is 217 Å².